The normalized spacial score (nSPS) is 11.3. The van der Waals surface area contributed by atoms with Crippen LogP contribution in [0.2, 0.25) is 0 Å². The highest BCUT2D eigenvalue weighted by atomic mass is 32.2. The summed E-state index contributed by atoms with van der Waals surface area (Å²) < 4.78 is 48.1. The zero-order valence-corrected chi connectivity index (χ0v) is 12.8. The number of aromatic amines is 1. The van der Waals surface area contributed by atoms with Crippen molar-refractivity contribution in [2.75, 3.05) is 19.5 Å². The number of methoxy groups -OCH3 is 1. The molecule has 0 aliphatic heterocycles. The van der Waals surface area contributed by atoms with Gasteiger partial charge in [-0.3, -0.25) is 4.79 Å². The zero-order valence-electron chi connectivity index (χ0n) is 12.0. The molecule has 9 heteroatoms. The molecule has 0 saturated heterocycles. The number of halogens is 3. The van der Waals surface area contributed by atoms with Crippen molar-refractivity contribution in [3.63, 3.8) is 0 Å². The Bertz CT molecular complexity index is 702. The largest absolute Gasteiger partial charge is 0.497 e. The van der Waals surface area contributed by atoms with E-state index in [1.54, 1.807) is 31.4 Å². The third-order valence-corrected chi connectivity index (χ3v) is 3.50. The quantitative estimate of drug-likeness (QED) is 0.495. The van der Waals surface area contributed by atoms with E-state index < -0.39 is 17.4 Å². The molecule has 0 atom stereocenters. The number of alkyl halides is 3. The Morgan fingerprint density at radius 3 is 2.48 bits per heavy atom. The van der Waals surface area contributed by atoms with E-state index in [0.29, 0.717) is 23.3 Å². The lowest BCUT2D eigenvalue weighted by atomic mass is 10.3. The van der Waals surface area contributed by atoms with Crippen LogP contribution in [0.3, 0.4) is 0 Å². The van der Waals surface area contributed by atoms with Crippen molar-refractivity contribution in [3.05, 3.63) is 46.4 Å². The van der Waals surface area contributed by atoms with Crippen LogP contribution < -0.4 is 15.0 Å². The van der Waals surface area contributed by atoms with Gasteiger partial charge in [-0.25, -0.2) is 4.98 Å². The Balaban J connectivity index is 1.88. The second-order valence-electron chi connectivity index (χ2n) is 4.31. The molecular weight excluding hydrogens is 333 g/mol. The molecule has 0 aliphatic carbocycles. The van der Waals surface area contributed by atoms with Gasteiger partial charge in [0.05, 0.1) is 13.7 Å². The van der Waals surface area contributed by atoms with Crippen LogP contribution in [-0.2, 0) is 6.18 Å². The molecule has 0 fully saturated rings. The van der Waals surface area contributed by atoms with Gasteiger partial charge >= 0.3 is 6.18 Å². The standard InChI is InChI=1S/C14H13F3N2O3S/c1-21-9-2-4-10(5-3-9)22-6-7-23-13-18-11(14(15,16)17)8-12(20)19-13/h2-5,8H,6-7H2,1H3,(H,18,19,20). The van der Waals surface area contributed by atoms with Crippen LogP contribution in [0.4, 0.5) is 13.2 Å². The number of benzene rings is 1. The van der Waals surface area contributed by atoms with E-state index in [9.17, 15) is 18.0 Å². The number of nitrogens with one attached hydrogen (secondary N) is 1. The Labute approximate surface area is 133 Å². The van der Waals surface area contributed by atoms with Crippen LogP contribution in [-0.4, -0.2) is 29.4 Å². The van der Waals surface area contributed by atoms with E-state index in [0.717, 1.165) is 11.8 Å². The smallest absolute Gasteiger partial charge is 0.433 e. The van der Waals surface area contributed by atoms with E-state index in [2.05, 4.69) is 9.97 Å². The van der Waals surface area contributed by atoms with Gasteiger partial charge in [-0.05, 0) is 24.3 Å². The van der Waals surface area contributed by atoms with E-state index >= 15 is 0 Å². The third kappa shape index (κ3) is 5.20. The lowest BCUT2D eigenvalue weighted by Gasteiger charge is -2.08. The molecule has 5 nitrogen and oxygen atoms in total. The molecule has 2 rings (SSSR count). The molecule has 2 aromatic rings. The summed E-state index contributed by atoms with van der Waals surface area (Å²) in [6, 6.07) is 7.32. The lowest BCUT2D eigenvalue weighted by molar-refractivity contribution is -0.141. The first kappa shape index (κ1) is 17.2. The van der Waals surface area contributed by atoms with E-state index in [1.807, 2.05) is 0 Å². The van der Waals surface area contributed by atoms with Crippen LogP contribution >= 0.6 is 11.8 Å². The average Bonchev–Trinajstić information content (AvgIpc) is 2.51. The molecule has 0 bridgehead atoms. The minimum atomic E-state index is -4.65. The number of H-pyrrole nitrogens is 1. The van der Waals surface area contributed by atoms with Crippen LogP contribution in [0.15, 0.2) is 40.3 Å². The number of rotatable bonds is 6. The number of hydrogen-bond acceptors (Lipinski definition) is 5. The van der Waals surface area contributed by atoms with Crippen molar-refractivity contribution >= 4 is 11.8 Å². The van der Waals surface area contributed by atoms with E-state index in [-0.39, 0.29) is 11.8 Å². The van der Waals surface area contributed by atoms with Crippen LogP contribution in [0, 0.1) is 0 Å². The molecular formula is C14H13F3N2O3S. The van der Waals surface area contributed by atoms with Crippen LogP contribution in [0.1, 0.15) is 5.69 Å². The monoisotopic (exact) mass is 346 g/mol. The number of ether oxygens (including phenoxy) is 2. The van der Waals surface area contributed by atoms with Crippen LogP contribution in [0.5, 0.6) is 11.5 Å². The van der Waals surface area contributed by atoms with Gasteiger partial charge in [0.25, 0.3) is 5.56 Å². The first-order chi connectivity index (χ1) is 10.9. The van der Waals surface area contributed by atoms with Gasteiger partial charge in [-0.2, -0.15) is 13.2 Å². The number of hydrogen-bond donors (Lipinski definition) is 1. The minimum absolute atomic E-state index is 0.0943. The molecule has 0 amide bonds. The molecule has 0 radical (unpaired) electrons. The maximum atomic E-state index is 12.6. The van der Waals surface area contributed by atoms with Crippen molar-refractivity contribution in [1.29, 1.82) is 0 Å². The van der Waals surface area contributed by atoms with Crippen molar-refractivity contribution < 1.29 is 22.6 Å². The maximum Gasteiger partial charge on any atom is 0.433 e. The summed E-state index contributed by atoms with van der Waals surface area (Å²) >= 11 is 0.975. The third-order valence-electron chi connectivity index (χ3n) is 2.66. The molecule has 1 aromatic heterocycles. The Kier molecular flexibility index (Phi) is 5.54. The number of aromatic nitrogens is 2. The Morgan fingerprint density at radius 1 is 1.22 bits per heavy atom. The van der Waals surface area contributed by atoms with Crippen molar-refractivity contribution in [3.8, 4) is 11.5 Å². The second kappa shape index (κ2) is 7.40. The van der Waals surface area contributed by atoms with Gasteiger partial charge in [0.15, 0.2) is 10.9 Å². The van der Waals surface area contributed by atoms with Crippen molar-refractivity contribution in [1.82, 2.24) is 9.97 Å². The summed E-state index contributed by atoms with van der Waals surface area (Å²) in [4.78, 5) is 16.9. The first-order valence-electron chi connectivity index (χ1n) is 6.46. The molecule has 0 saturated carbocycles. The predicted octanol–water partition coefficient (Wildman–Crippen LogP) is 2.97. The summed E-state index contributed by atoms with van der Waals surface area (Å²) in [6.07, 6.45) is -4.65. The molecule has 124 valence electrons. The highest BCUT2D eigenvalue weighted by Gasteiger charge is 2.33. The molecule has 0 unspecified atom stereocenters. The molecule has 23 heavy (non-hydrogen) atoms. The average molecular weight is 346 g/mol. The van der Waals surface area contributed by atoms with Gasteiger partial charge in [0.1, 0.15) is 11.5 Å². The van der Waals surface area contributed by atoms with Crippen LogP contribution in [0.25, 0.3) is 0 Å². The SMILES string of the molecule is COc1ccc(OCCSc2nc(C(F)(F)F)cc(=O)[nH]2)cc1. The molecule has 1 aromatic carbocycles. The zero-order chi connectivity index (χ0) is 16.9. The molecule has 1 N–H and O–H groups in total. The van der Waals surface area contributed by atoms with Gasteiger partial charge in [-0.1, -0.05) is 11.8 Å². The Hall–Kier alpha value is -2.16. The highest BCUT2D eigenvalue weighted by Crippen LogP contribution is 2.27. The fraction of sp³-hybridized carbons (Fsp3) is 0.286. The summed E-state index contributed by atoms with van der Waals surface area (Å²) in [6.45, 7) is 0.247. The summed E-state index contributed by atoms with van der Waals surface area (Å²) in [5.41, 5.74) is -2.05. The van der Waals surface area contributed by atoms with Crippen molar-refractivity contribution in [2.45, 2.75) is 11.3 Å². The molecule has 0 aliphatic rings. The number of thioether (sulfide) groups is 1. The fourth-order valence-corrected chi connectivity index (χ4v) is 2.31. The first-order valence-corrected chi connectivity index (χ1v) is 7.45. The van der Waals surface area contributed by atoms with E-state index in [4.69, 9.17) is 9.47 Å². The van der Waals surface area contributed by atoms with Gasteiger partial charge in [0, 0.05) is 11.8 Å². The summed E-state index contributed by atoms with van der Waals surface area (Å²) in [7, 11) is 1.55. The van der Waals surface area contributed by atoms with Gasteiger partial charge in [-0.15, -0.1) is 0 Å². The predicted molar refractivity (Wildman–Crippen MR) is 79.1 cm³/mol. The van der Waals surface area contributed by atoms with E-state index in [1.165, 1.54) is 0 Å². The topological polar surface area (TPSA) is 64.2 Å². The van der Waals surface area contributed by atoms with Gasteiger partial charge < -0.3 is 14.5 Å². The van der Waals surface area contributed by atoms with Gasteiger partial charge in [0.2, 0.25) is 0 Å². The summed E-state index contributed by atoms with van der Waals surface area (Å²) in [5, 5.41) is -0.0943. The Morgan fingerprint density at radius 2 is 1.87 bits per heavy atom. The highest BCUT2D eigenvalue weighted by molar-refractivity contribution is 7.99. The lowest BCUT2D eigenvalue weighted by Crippen LogP contribution is -2.17. The second-order valence-corrected chi connectivity index (χ2v) is 5.39. The fourth-order valence-electron chi connectivity index (χ4n) is 1.62. The molecule has 0 spiro atoms. The molecule has 1 heterocycles. The number of nitrogens with zero attached hydrogens (tertiary/aromatic N) is 1. The minimum Gasteiger partial charge on any atom is -0.497 e. The summed E-state index contributed by atoms with van der Waals surface area (Å²) in [5.74, 6) is 1.63. The maximum absolute atomic E-state index is 12.6. The van der Waals surface area contributed by atoms with Crippen molar-refractivity contribution in [2.24, 2.45) is 0 Å².